The number of anilines is 3. The van der Waals surface area contributed by atoms with Gasteiger partial charge in [0.15, 0.2) is 0 Å². The molecule has 16 rings (SSSR count). The number of fused-ring (bicyclic) bond motifs is 16. The van der Waals surface area contributed by atoms with E-state index in [1.54, 1.807) is 0 Å². The molecule has 76 heavy (non-hydrogen) atoms. The highest BCUT2D eigenvalue weighted by molar-refractivity contribution is 6.10. The second-order valence-electron chi connectivity index (χ2n) is 20.6. The van der Waals surface area contributed by atoms with Gasteiger partial charge in [-0.2, -0.15) is 0 Å². The Balaban J connectivity index is 0.936. The Morgan fingerprint density at radius 1 is 0.276 bits per heavy atom. The molecule has 3 aliphatic rings. The molecule has 0 fully saturated rings. The Kier molecular flexibility index (Phi) is 9.20. The number of nitrogens with zero attached hydrogens (tertiary/aromatic N) is 2. The summed E-state index contributed by atoms with van der Waals surface area (Å²) in [6.45, 7) is 0. The van der Waals surface area contributed by atoms with Gasteiger partial charge in [-0.1, -0.05) is 231 Å². The van der Waals surface area contributed by atoms with Gasteiger partial charge >= 0.3 is 0 Å². The number of rotatable bonds is 7. The Bertz CT molecular complexity index is 4370. The van der Waals surface area contributed by atoms with E-state index in [0.717, 1.165) is 22.7 Å². The van der Waals surface area contributed by atoms with Gasteiger partial charge in [0.05, 0.1) is 27.6 Å². The third-order valence-corrected chi connectivity index (χ3v) is 17.1. The minimum absolute atomic E-state index is 0.484. The van der Waals surface area contributed by atoms with Crippen molar-refractivity contribution >= 4 is 38.9 Å². The highest BCUT2D eigenvalue weighted by Gasteiger charge is 2.53. The average Bonchev–Trinajstić information content (AvgIpc) is 4.27. The predicted molar refractivity (Wildman–Crippen MR) is 315 cm³/mol. The fourth-order valence-electron chi connectivity index (χ4n) is 14.1. The van der Waals surface area contributed by atoms with Crippen LogP contribution in [-0.4, -0.2) is 4.57 Å². The van der Waals surface area contributed by atoms with Crippen LogP contribution in [0.3, 0.4) is 0 Å². The first-order valence-corrected chi connectivity index (χ1v) is 26.5. The van der Waals surface area contributed by atoms with Crippen LogP contribution in [0.2, 0.25) is 0 Å². The zero-order valence-electron chi connectivity index (χ0n) is 41.6. The monoisotopic (exact) mass is 964 g/mol. The molecule has 13 aromatic rings. The van der Waals surface area contributed by atoms with Gasteiger partial charge in [0.1, 0.15) is 0 Å². The number of benzene rings is 12. The summed E-state index contributed by atoms with van der Waals surface area (Å²) in [7, 11) is 0. The molecule has 0 atom stereocenters. The molecule has 0 unspecified atom stereocenters. The Labute approximate surface area is 442 Å². The quantitative estimate of drug-likeness (QED) is 0.155. The molecule has 0 saturated carbocycles. The van der Waals surface area contributed by atoms with Crippen LogP contribution in [-0.2, 0) is 10.8 Å². The van der Waals surface area contributed by atoms with E-state index in [1.807, 2.05) is 0 Å². The summed E-state index contributed by atoms with van der Waals surface area (Å²) in [5.41, 5.74) is 26.2. The van der Waals surface area contributed by atoms with E-state index < -0.39 is 10.8 Å². The van der Waals surface area contributed by atoms with Crippen molar-refractivity contribution < 1.29 is 0 Å². The standard InChI is InChI=1S/C74H48N2/c1-4-21-51(22-5-1)73(52-23-6-2-7-24-52)63-32-15-10-29-58(63)59-45-44-55(48-68(59)73)75(54-42-39-49(40-43-54)50-41-46-70-62(47-50)60-30-14-19-37-69(60)76(70)53-25-8-3-9-26-53)71-38-20-36-67-72(71)61-31-13-18-35-66(61)74(67)64-33-16-11-27-56(64)57-28-12-17-34-65(57)74/h1-48H. The van der Waals surface area contributed by atoms with Crippen molar-refractivity contribution in [1.82, 2.24) is 4.57 Å². The summed E-state index contributed by atoms with van der Waals surface area (Å²) in [4.78, 5) is 2.55. The summed E-state index contributed by atoms with van der Waals surface area (Å²) in [6, 6.07) is 109. The minimum Gasteiger partial charge on any atom is -0.310 e. The van der Waals surface area contributed by atoms with Crippen molar-refractivity contribution in [2.45, 2.75) is 10.8 Å². The lowest BCUT2D eigenvalue weighted by atomic mass is 9.67. The predicted octanol–water partition coefficient (Wildman–Crippen LogP) is 18.6. The summed E-state index contributed by atoms with van der Waals surface area (Å²) in [5, 5.41) is 2.49. The maximum atomic E-state index is 2.55. The number of hydrogen-bond donors (Lipinski definition) is 0. The van der Waals surface area contributed by atoms with E-state index in [1.165, 1.54) is 111 Å². The van der Waals surface area contributed by atoms with Crippen molar-refractivity contribution in [2.75, 3.05) is 4.90 Å². The number of hydrogen-bond acceptors (Lipinski definition) is 1. The first kappa shape index (κ1) is 42.7. The molecule has 1 aromatic heterocycles. The van der Waals surface area contributed by atoms with Gasteiger partial charge in [0, 0.05) is 33.4 Å². The lowest BCUT2D eigenvalue weighted by Crippen LogP contribution is -2.28. The summed E-state index contributed by atoms with van der Waals surface area (Å²) in [5.74, 6) is 0. The summed E-state index contributed by atoms with van der Waals surface area (Å²) < 4.78 is 2.39. The van der Waals surface area contributed by atoms with Crippen LogP contribution in [0.4, 0.5) is 17.1 Å². The van der Waals surface area contributed by atoms with Crippen LogP contribution in [0.5, 0.6) is 0 Å². The first-order chi connectivity index (χ1) is 37.7. The third-order valence-electron chi connectivity index (χ3n) is 17.1. The van der Waals surface area contributed by atoms with Gasteiger partial charge in [-0.05, 0) is 144 Å². The summed E-state index contributed by atoms with van der Waals surface area (Å²) in [6.07, 6.45) is 0. The topological polar surface area (TPSA) is 8.17 Å². The first-order valence-electron chi connectivity index (χ1n) is 26.5. The lowest BCUT2D eigenvalue weighted by molar-refractivity contribution is 0.768. The largest absolute Gasteiger partial charge is 0.310 e. The molecule has 0 saturated heterocycles. The van der Waals surface area contributed by atoms with Gasteiger partial charge in [0.25, 0.3) is 0 Å². The smallest absolute Gasteiger partial charge is 0.0726 e. The fourth-order valence-corrected chi connectivity index (χ4v) is 14.1. The normalized spacial score (nSPS) is 13.7. The van der Waals surface area contributed by atoms with Gasteiger partial charge in [-0.3, -0.25) is 0 Å². The maximum absolute atomic E-state index is 2.55. The minimum atomic E-state index is -0.561. The second-order valence-corrected chi connectivity index (χ2v) is 20.6. The van der Waals surface area contributed by atoms with Crippen molar-refractivity contribution in [3.63, 3.8) is 0 Å². The molecule has 1 heterocycles. The van der Waals surface area contributed by atoms with Crippen LogP contribution in [0.25, 0.3) is 72.0 Å². The molecule has 354 valence electrons. The SMILES string of the molecule is c1ccc(-n2c3ccccc3c3cc(-c4ccc(N(c5ccc6c(c5)C(c5ccccc5)(c5ccccc5)c5ccccc5-6)c5cccc6c5-c5ccccc5C65c6ccccc6-c6ccccc65)cc4)ccc32)cc1. The Morgan fingerprint density at radius 2 is 0.750 bits per heavy atom. The third kappa shape index (κ3) is 5.76. The van der Waals surface area contributed by atoms with Gasteiger partial charge in [-0.25, -0.2) is 0 Å². The van der Waals surface area contributed by atoms with Crippen molar-refractivity contribution in [3.8, 4) is 50.2 Å². The highest BCUT2D eigenvalue weighted by Crippen LogP contribution is 2.65. The molecule has 0 radical (unpaired) electrons. The molecule has 2 nitrogen and oxygen atoms in total. The molecule has 0 amide bonds. The van der Waals surface area contributed by atoms with E-state index in [4.69, 9.17) is 0 Å². The second kappa shape index (κ2) is 16.4. The van der Waals surface area contributed by atoms with E-state index in [9.17, 15) is 0 Å². The van der Waals surface area contributed by atoms with E-state index in [0.29, 0.717) is 0 Å². The number of para-hydroxylation sites is 2. The van der Waals surface area contributed by atoms with Crippen LogP contribution in [0, 0.1) is 0 Å². The van der Waals surface area contributed by atoms with Crippen LogP contribution >= 0.6 is 0 Å². The molecule has 0 N–H and O–H groups in total. The van der Waals surface area contributed by atoms with Crippen LogP contribution in [0.1, 0.15) is 44.5 Å². The highest BCUT2D eigenvalue weighted by atomic mass is 15.1. The van der Waals surface area contributed by atoms with E-state index >= 15 is 0 Å². The summed E-state index contributed by atoms with van der Waals surface area (Å²) >= 11 is 0. The van der Waals surface area contributed by atoms with Gasteiger partial charge < -0.3 is 9.47 Å². The van der Waals surface area contributed by atoms with E-state index in [-0.39, 0.29) is 0 Å². The van der Waals surface area contributed by atoms with Crippen molar-refractivity contribution in [2.24, 2.45) is 0 Å². The molecule has 2 heteroatoms. The Hall–Kier alpha value is -9.76. The van der Waals surface area contributed by atoms with Gasteiger partial charge in [0.2, 0.25) is 0 Å². The van der Waals surface area contributed by atoms with Crippen molar-refractivity contribution in [1.29, 1.82) is 0 Å². The zero-order valence-corrected chi connectivity index (χ0v) is 41.6. The zero-order chi connectivity index (χ0) is 50.0. The number of aromatic nitrogens is 1. The van der Waals surface area contributed by atoms with Crippen molar-refractivity contribution in [3.05, 3.63) is 336 Å². The molecule has 0 bridgehead atoms. The van der Waals surface area contributed by atoms with E-state index in [2.05, 4.69) is 301 Å². The van der Waals surface area contributed by atoms with Gasteiger partial charge in [-0.15, -0.1) is 0 Å². The molecule has 0 aliphatic heterocycles. The average molecular weight is 965 g/mol. The molecular weight excluding hydrogens is 917 g/mol. The maximum Gasteiger partial charge on any atom is 0.0726 e. The fraction of sp³-hybridized carbons (Fsp3) is 0.0270. The van der Waals surface area contributed by atoms with Crippen LogP contribution in [0.15, 0.2) is 291 Å². The molecule has 3 aliphatic carbocycles. The molecule has 1 spiro atoms. The lowest BCUT2D eigenvalue weighted by Gasteiger charge is -2.35. The molecule has 12 aromatic carbocycles. The Morgan fingerprint density at radius 3 is 1.39 bits per heavy atom. The van der Waals surface area contributed by atoms with Crippen LogP contribution < -0.4 is 4.90 Å². The molecular formula is C74H48N2.